The summed E-state index contributed by atoms with van der Waals surface area (Å²) in [6.07, 6.45) is 2.37. The summed E-state index contributed by atoms with van der Waals surface area (Å²) in [6, 6.07) is 0.507. The second kappa shape index (κ2) is 3.67. The molecule has 1 unspecified atom stereocenters. The van der Waals surface area contributed by atoms with Gasteiger partial charge in [0.2, 0.25) is 0 Å². The molecule has 0 amide bonds. The summed E-state index contributed by atoms with van der Waals surface area (Å²) in [5, 5.41) is 4.12. The van der Waals surface area contributed by atoms with Gasteiger partial charge in [0.05, 0.1) is 0 Å². The van der Waals surface area contributed by atoms with Crippen LogP contribution in [0.4, 0.5) is 0 Å². The predicted molar refractivity (Wildman–Crippen MR) is 47.8 cm³/mol. The third-order valence-electron chi connectivity index (χ3n) is 1.64. The maximum Gasteiger partial charge on any atom is 0.138 e. The molecule has 0 aliphatic carbocycles. The molecule has 0 bridgehead atoms. The molecule has 0 aromatic carbocycles. The van der Waals surface area contributed by atoms with Crippen LogP contribution < -0.4 is 5.73 Å². The highest BCUT2D eigenvalue weighted by atomic mass is 15.3. The van der Waals surface area contributed by atoms with E-state index in [0.717, 1.165) is 12.2 Å². The van der Waals surface area contributed by atoms with Crippen LogP contribution in [-0.2, 0) is 6.42 Å². The number of hydrogen-bond donors (Lipinski definition) is 1. The Morgan fingerprint density at radius 3 is 2.67 bits per heavy atom. The van der Waals surface area contributed by atoms with Gasteiger partial charge in [0, 0.05) is 18.5 Å². The Kier molecular flexibility index (Phi) is 2.81. The fraction of sp³-hybridized carbons (Fsp3) is 0.750. The molecule has 12 heavy (non-hydrogen) atoms. The lowest BCUT2D eigenvalue weighted by Gasteiger charge is -2.10. The van der Waals surface area contributed by atoms with E-state index in [9.17, 15) is 0 Å². The molecule has 0 fully saturated rings. The van der Waals surface area contributed by atoms with E-state index in [0.29, 0.717) is 6.04 Å². The van der Waals surface area contributed by atoms with Crippen LogP contribution in [0, 0.1) is 0 Å². The second-order valence-corrected chi connectivity index (χ2v) is 3.40. The summed E-state index contributed by atoms with van der Waals surface area (Å²) in [6.45, 7) is 6.14. The van der Waals surface area contributed by atoms with Gasteiger partial charge in [-0.3, -0.25) is 0 Å². The molecule has 0 spiro atoms. The van der Waals surface area contributed by atoms with Gasteiger partial charge in [-0.15, -0.1) is 0 Å². The van der Waals surface area contributed by atoms with Crippen molar-refractivity contribution >= 4 is 0 Å². The average Bonchev–Trinajstić information content (AvgIpc) is 2.33. The van der Waals surface area contributed by atoms with Crippen molar-refractivity contribution in [3.05, 3.63) is 12.2 Å². The molecule has 2 N–H and O–H groups in total. The molecule has 4 nitrogen and oxygen atoms in total. The van der Waals surface area contributed by atoms with Gasteiger partial charge in [-0.2, -0.15) is 5.10 Å². The molecule has 1 heterocycles. The lowest BCUT2D eigenvalue weighted by Crippen LogP contribution is -2.21. The van der Waals surface area contributed by atoms with Crippen LogP contribution >= 0.6 is 0 Å². The Balaban J connectivity index is 2.77. The fourth-order valence-electron chi connectivity index (χ4n) is 1.14. The summed E-state index contributed by atoms with van der Waals surface area (Å²) >= 11 is 0. The Labute approximate surface area is 72.8 Å². The molecule has 4 heteroatoms. The molecule has 0 saturated carbocycles. The summed E-state index contributed by atoms with van der Waals surface area (Å²) in [5.74, 6) is 0.972. The van der Waals surface area contributed by atoms with Crippen molar-refractivity contribution in [1.82, 2.24) is 14.8 Å². The van der Waals surface area contributed by atoms with Gasteiger partial charge in [0.25, 0.3) is 0 Å². The SMILES string of the molecule is CC(N)Cc1ncnn1C(C)C. The first-order chi connectivity index (χ1) is 5.61. The lowest BCUT2D eigenvalue weighted by atomic mass is 10.2. The van der Waals surface area contributed by atoms with Gasteiger partial charge < -0.3 is 5.73 Å². The Morgan fingerprint density at radius 2 is 2.17 bits per heavy atom. The Hall–Kier alpha value is -0.900. The van der Waals surface area contributed by atoms with Crippen LogP contribution in [0.2, 0.25) is 0 Å². The number of rotatable bonds is 3. The average molecular weight is 168 g/mol. The monoisotopic (exact) mass is 168 g/mol. The van der Waals surface area contributed by atoms with E-state index in [1.807, 2.05) is 11.6 Å². The third kappa shape index (κ3) is 2.04. The molecule has 1 aromatic heterocycles. The molecule has 0 aliphatic rings. The molecule has 1 aromatic rings. The second-order valence-electron chi connectivity index (χ2n) is 3.40. The van der Waals surface area contributed by atoms with Crippen molar-refractivity contribution in [2.24, 2.45) is 5.73 Å². The lowest BCUT2D eigenvalue weighted by molar-refractivity contribution is 0.495. The quantitative estimate of drug-likeness (QED) is 0.724. The first-order valence-electron chi connectivity index (χ1n) is 4.25. The number of nitrogens with zero attached hydrogens (tertiary/aromatic N) is 3. The maximum absolute atomic E-state index is 5.67. The minimum atomic E-state index is 0.145. The summed E-state index contributed by atoms with van der Waals surface area (Å²) in [5.41, 5.74) is 5.67. The van der Waals surface area contributed by atoms with E-state index in [4.69, 9.17) is 5.73 Å². The van der Waals surface area contributed by atoms with E-state index in [-0.39, 0.29) is 6.04 Å². The Bertz CT molecular complexity index is 239. The van der Waals surface area contributed by atoms with E-state index in [2.05, 4.69) is 23.9 Å². The van der Waals surface area contributed by atoms with Crippen LogP contribution in [0.5, 0.6) is 0 Å². The zero-order chi connectivity index (χ0) is 9.14. The summed E-state index contributed by atoms with van der Waals surface area (Å²) < 4.78 is 1.91. The molecular formula is C8H16N4. The summed E-state index contributed by atoms with van der Waals surface area (Å²) in [4.78, 5) is 4.15. The van der Waals surface area contributed by atoms with Crippen molar-refractivity contribution in [1.29, 1.82) is 0 Å². The first kappa shape index (κ1) is 9.19. The van der Waals surface area contributed by atoms with Crippen molar-refractivity contribution < 1.29 is 0 Å². The molecule has 0 saturated heterocycles. The maximum atomic E-state index is 5.67. The molecule has 68 valence electrons. The van der Waals surface area contributed by atoms with Crippen molar-refractivity contribution in [3.63, 3.8) is 0 Å². The van der Waals surface area contributed by atoms with Gasteiger partial charge in [-0.25, -0.2) is 9.67 Å². The predicted octanol–water partition coefficient (Wildman–Crippen LogP) is 0.749. The number of aromatic nitrogens is 3. The van der Waals surface area contributed by atoms with E-state index < -0.39 is 0 Å². The standard InChI is InChI=1S/C8H16N4/c1-6(2)12-8(4-7(3)9)10-5-11-12/h5-7H,4,9H2,1-3H3. The molecule has 0 aliphatic heterocycles. The summed E-state index contributed by atoms with van der Waals surface area (Å²) in [7, 11) is 0. The van der Waals surface area contributed by atoms with E-state index >= 15 is 0 Å². The van der Waals surface area contributed by atoms with Gasteiger partial charge in [0.15, 0.2) is 0 Å². The first-order valence-corrected chi connectivity index (χ1v) is 4.25. The smallest absolute Gasteiger partial charge is 0.138 e. The minimum Gasteiger partial charge on any atom is -0.328 e. The number of nitrogens with two attached hydrogens (primary N) is 1. The van der Waals surface area contributed by atoms with Gasteiger partial charge in [-0.1, -0.05) is 0 Å². The van der Waals surface area contributed by atoms with Gasteiger partial charge in [-0.05, 0) is 20.8 Å². The van der Waals surface area contributed by atoms with Crippen LogP contribution in [-0.4, -0.2) is 20.8 Å². The zero-order valence-corrected chi connectivity index (χ0v) is 7.86. The highest BCUT2D eigenvalue weighted by Gasteiger charge is 2.08. The molecule has 1 rings (SSSR count). The van der Waals surface area contributed by atoms with Crippen molar-refractivity contribution in [2.45, 2.75) is 39.3 Å². The topological polar surface area (TPSA) is 56.7 Å². The van der Waals surface area contributed by atoms with Crippen LogP contribution in [0.3, 0.4) is 0 Å². The van der Waals surface area contributed by atoms with E-state index in [1.165, 1.54) is 0 Å². The molecule has 0 radical (unpaired) electrons. The highest BCUT2D eigenvalue weighted by Crippen LogP contribution is 2.06. The number of hydrogen-bond acceptors (Lipinski definition) is 3. The normalized spacial score (nSPS) is 13.8. The molecule has 1 atom stereocenters. The fourth-order valence-corrected chi connectivity index (χ4v) is 1.14. The van der Waals surface area contributed by atoms with Crippen LogP contribution in [0.25, 0.3) is 0 Å². The van der Waals surface area contributed by atoms with Gasteiger partial charge >= 0.3 is 0 Å². The minimum absolute atomic E-state index is 0.145. The zero-order valence-electron chi connectivity index (χ0n) is 7.86. The third-order valence-corrected chi connectivity index (χ3v) is 1.64. The van der Waals surface area contributed by atoms with Gasteiger partial charge in [0.1, 0.15) is 12.2 Å². The highest BCUT2D eigenvalue weighted by molar-refractivity contribution is 4.89. The molecular weight excluding hydrogens is 152 g/mol. The van der Waals surface area contributed by atoms with Crippen molar-refractivity contribution in [2.75, 3.05) is 0 Å². The van der Waals surface area contributed by atoms with Crippen LogP contribution in [0.1, 0.15) is 32.6 Å². The van der Waals surface area contributed by atoms with Crippen molar-refractivity contribution in [3.8, 4) is 0 Å². The van der Waals surface area contributed by atoms with Crippen LogP contribution in [0.15, 0.2) is 6.33 Å². The largest absolute Gasteiger partial charge is 0.328 e. The Morgan fingerprint density at radius 1 is 1.50 bits per heavy atom. The van der Waals surface area contributed by atoms with E-state index in [1.54, 1.807) is 6.33 Å².